The van der Waals surface area contributed by atoms with Gasteiger partial charge in [-0.05, 0) is 18.9 Å². The Kier molecular flexibility index (Phi) is 5.92. The van der Waals surface area contributed by atoms with Crippen molar-refractivity contribution < 1.29 is 14.3 Å². The quantitative estimate of drug-likeness (QED) is 0.609. The van der Waals surface area contributed by atoms with Crippen molar-refractivity contribution in [2.24, 2.45) is 0 Å². The van der Waals surface area contributed by atoms with Crippen LogP contribution < -0.4 is 5.32 Å². The van der Waals surface area contributed by atoms with Gasteiger partial charge < -0.3 is 15.0 Å². The molecule has 152 valence electrons. The second kappa shape index (κ2) is 8.75. The van der Waals surface area contributed by atoms with Gasteiger partial charge in [-0.2, -0.15) is 5.10 Å². The third-order valence-corrected chi connectivity index (χ3v) is 6.30. The molecular weight excluding hydrogens is 388 g/mol. The average Bonchev–Trinajstić information content (AvgIpc) is 3.41. The number of rotatable bonds is 6. The highest BCUT2D eigenvalue weighted by Crippen LogP contribution is 2.31. The van der Waals surface area contributed by atoms with Crippen LogP contribution >= 0.6 is 11.3 Å². The normalized spacial score (nSPS) is 16.9. The smallest absolute Gasteiger partial charge is 0.255 e. The lowest BCUT2D eigenvalue weighted by Gasteiger charge is -2.32. The Hall–Kier alpha value is -2.71. The zero-order valence-corrected chi connectivity index (χ0v) is 17.1. The van der Waals surface area contributed by atoms with Crippen LogP contribution in [0.2, 0.25) is 0 Å². The van der Waals surface area contributed by atoms with Crippen molar-refractivity contribution in [3.05, 3.63) is 52.7 Å². The van der Waals surface area contributed by atoms with Gasteiger partial charge in [-0.3, -0.25) is 14.7 Å². The van der Waals surface area contributed by atoms with Gasteiger partial charge in [0.1, 0.15) is 0 Å². The highest BCUT2D eigenvalue weighted by molar-refractivity contribution is 7.17. The molecular formula is C21H24N4O3S. The first-order valence-electron chi connectivity index (χ1n) is 9.75. The van der Waals surface area contributed by atoms with E-state index < -0.39 is 0 Å². The van der Waals surface area contributed by atoms with E-state index in [1.165, 1.54) is 0 Å². The van der Waals surface area contributed by atoms with E-state index in [0.717, 1.165) is 40.7 Å². The molecule has 1 saturated heterocycles. The van der Waals surface area contributed by atoms with Crippen LogP contribution in [0.1, 0.15) is 45.2 Å². The number of amides is 2. The van der Waals surface area contributed by atoms with Gasteiger partial charge in [-0.25, -0.2) is 0 Å². The third kappa shape index (κ3) is 4.04. The second-order valence-electron chi connectivity index (χ2n) is 7.18. The lowest BCUT2D eigenvalue weighted by Crippen LogP contribution is -2.39. The summed E-state index contributed by atoms with van der Waals surface area (Å²) in [6.45, 7) is 2.20. The molecule has 2 amide bonds. The van der Waals surface area contributed by atoms with E-state index in [9.17, 15) is 9.59 Å². The molecule has 1 atom stereocenters. The number of aromatic nitrogens is 2. The van der Waals surface area contributed by atoms with Crippen LogP contribution in [0.15, 0.2) is 35.8 Å². The molecule has 0 bridgehead atoms. The fraction of sp³-hybridized carbons (Fsp3) is 0.381. The van der Waals surface area contributed by atoms with Gasteiger partial charge in [0.25, 0.3) is 11.8 Å². The number of ether oxygens (including phenoxy) is 1. The van der Waals surface area contributed by atoms with Crippen LogP contribution in [0, 0.1) is 0 Å². The van der Waals surface area contributed by atoms with E-state index in [4.69, 9.17) is 4.74 Å². The molecule has 1 fully saturated rings. The number of hydrogen-bond acceptors (Lipinski definition) is 5. The first kappa shape index (κ1) is 19.6. The number of likely N-dealkylation sites (tertiary alicyclic amines) is 1. The summed E-state index contributed by atoms with van der Waals surface area (Å²) < 4.78 is 6.10. The van der Waals surface area contributed by atoms with E-state index in [1.807, 2.05) is 34.5 Å². The molecule has 0 aliphatic carbocycles. The molecule has 0 saturated carbocycles. The summed E-state index contributed by atoms with van der Waals surface area (Å²) in [5.41, 5.74) is 2.10. The summed E-state index contributed by atoms with van der Waals surface area (Å²) in [6.07, 6.45) is 3.36. The highest BCUT2D eigenvalue weighted by atomic mass is 32.1. The predicted molar refractivity (Wildman–Crippen MR) is 113 cm³/mol. The Labute approximate surface area is 173 Å². The molecule has 3 aromatic rings. The zero-order chi connectivity index (χ0) is 20.2. The molecule has 1 aliphatic rings. The number of methoxy groups -OCH3 is 1. The largest absolute Gasteiger partial charge is 0.383 e. The van der Waals surface area contributed by atoms with E-state index in [2.05, 4.69) is 15.5 Å². The lowest BCUT2D eigenvalue weighted by atomic mass is 9.92. The van der Waals surface area contributed by atoms with Gasteiger partial charge in [0, 0.05) is 48.1 Å². The number of thiophene rings is 1. The van der Waals surface area contributed by atoms with Gasteiger partial charge in [-0.1, -0.05) is 18.2 Å². The van der Waals surface area contributed by atoms with Gasteiger partial charge in [0.15, 0.2) is 0 Å². The average molecular weight is 413 g/mol. The van der Waals surface area contributed by atoms with E-state index in [1.54, 1.807) is 24.6 Å². The fourth-order valence-corrected chi connectivity index (χ4v) is 4.80. The van der Waals surface area contributed by atoms with Crippen molar-refractivity contribution in [2.45, 2.75) is 18.8 Å². The molecule has 0 spiro atoms. The van der Waals surface area contributed by atoms with Gasteiger partial charge >= 0.3 is 0 Å². The van der Waals surface area contributed by atoms with Gasteiger partial charge in [0.2, 0.25) is 0 Å². The number of nitrogens with zero attached hydrogens (tertiary/aromatic N) is 2. The molecule has 2 N–H and O–H groups in total. The van der Waals surface area contributed by atoms with Crippen LogP contribution in [-0.4, -0.2) is 60.3 Å². The molecule has 8 heteroatoms. The molecule has 1 aromatic carbocycles. The zero-order valence-electron chi connectivity index (χ0n) is 16.3. The van der Waals surface area contributed by atoms with Crippen LogP contribution in [0.3, 0.4) is 0 Å². The molecule has 2 aromatic heterocycles. The minimum atomic E-state index is -0.168. The van der Waals surface area contributed by atoms with Crippen molar-refractivity contribution in [2.75, 3.05) is 33.4 Å². The standard InChI is InChI=1S/C21H24N4O3S/c1-28-10-8-22-20(26)16-11-23-24-19(16)14-5-4-9-25(12-14)21(27)17-13-29-18-7-3-2-6-15(17)18/h2-3,6-7,11,13-14H,4-5,8-10,12H2,1H3,(H,22,26)(H,23,24)/t14-/m1/s1. The maximum atomic E-state index is 13.2. The first-order chi connectivity index (χ1) is 14.2. The van der Waals surface area contributed by atoms with Crippen LogP contribution in [0.4, 0.5) is 0 Å². The summed E-state index contributed by atoms with van der Waals surface area (Å²) in [5, 5.41) is 12.9. The Morgan fingerprint density at radius 3 is 3.07 bits per heavy atom. The van der Waals surface area contributed by atoms with E-state index in [-0.39, 0.29) is 17.7 Å². The number of fused-ring (bicyclic) bond motifs is 1. The second-order valence-corrected chi connectivity index (χ2v) is 8.09. The summed E-state index contributed by atoms with van der Waals surface area (Å²) in [4.78, 5) is 27.6. The Balaban J connectivity index is 1.50. The number of benzene rings is 1. The molecule has 29 heavy (non-hydrogen) atoms. The number of piperidine rings is 1. The highest BCUT2D eigenvalue weighted by Gasteiger charge is 2.30. The van der Waals surface area contributed by atoms with E-state index >= 15 is 0 Å². The maximum absolute atomic E-state index is 13.2. The molecule has 0 unspecified atom stereocenters. The van der Waals surface area contributed by atoms with Crippen LogP contribution in [0.25, 0.3) is 10.1 Å². The Morgan fingerprint density at radius 2 is 2.21 bits per heavy atom. The molecule has 3 heterocycles. The molecule has 7 nitrogen and oxygen atoms in total. The van der Waals surface area contributed by atoms with Crippen molar-refractivity contribution in [1.29, 1.82) is 0 Å². The van der Waals surface area contributed by atoms with Gasteiger partial charge in [0.05, 0.1) is 29.6 Å². The molecule has 4 rings (SSSR count). The predicted octanol–water partition coefficient (Wildman–Crippen LogP) is 3.02. The van der Waals surface area contributed by atoms with Crippen molar-refractivity contribution >= 4 is 33.2 Å². The van der Waals surface area contributed by atoms with Crippen LogP contribution in [0.5, 0.6) is 0 Å². The van der Waals surface area contributed by atoms with Crippen molar-refractivity contribution in [3.8, 4) is 0 Å². The number of carbonyl (C=O) groups excluding carboxylic acids is 2. The first-order valence-corrected chi connectivity index (χ1v) is 10.6. The maximum Gasteiger partial charge on any atom is 0.255 e. The number of aromatic amines is 1. The fourth-order valence-electron chi connectivity index (χ4n) is 3.86. The van der Waals surface area contributed by atoms with Crippen LogP contribution in [-0.2, 0) is 4.74 Å². The number of H-pyrrole nitrogens is 1. The summed E-state index contributed by atoms with van der Waals surface area (Å²) in [6, 6.07) is 7.98. The SMILES string of the molecule is COCCNC(=O)c1cn[nH]c1[C@@H]1CCCN(C(=O)c2csc3ccccc23)C1. The van der Waals surface area contributed by atoms with Gasteiger partial charge in [-0.15, -0.1) is 11.3 Å². The van der Waals surface area contributed by atoms with Crippen molar-refractivity contribution in [1.82, 2.24) is 20.4 Å². The third-order valence-electron chi connectivity index (χ3n) is 5.33. The minimum absolute atomic E-state index is 0.0535. The number of carbonyl (C=O) groups is 2. The van der Waals surface area contributed by atoms with E-state index in [0.29, 0.717) is 25.3 Å². The minimum Gasteiger partial charge on any atom is -0.383 e. The number of nitrogens with one attached hydrogen (secondary N) is 2. The summed E-state index contributed by atoms with van der Waals surface area (Å²) in [7, 11) is 1.60. The topological polar surface area (TPSA) is 87.3 Å². The summed E-state index contributed by atoms with van der Waals surface area (Å²) in [5.74, 6) is -0.0564. The Bertz CT molecular complexity index is 1010. The molecule has 1 aliphatic heterocycles. The van der Waals surface area contributed by atoms with Crippen molar-refractivity contribution in [3.63, 3.8) is 0 Å². The summed E-state index contributed by atoms with van der Waals surface area (Å²) >= 11 is 1.59. The Morgan fingerprint density at radius 1 is 1.34 bits per heavy atom. The molecule has 0 radical (unpaired) electrons. The monoisotopic (exact) mass is 412 g/mol. The number of hydrogen-bond donors (Lipinski definition) is 2. The lowest BCUT2D eigenvalue weighted by molar-refractivity contribution is 0.0708.